The Morgan fingerprint density at radius 1 is 1.00 bits per heavy atom. The molecule has 0 spiro atoms. The smallest absolute Gasteiger partial charge is 0.0409 e. The summed E-state index contributed by atoms with van der Waals surface area (Å²) in [5.41, 5.74) is 9.19. The molecule has 0 saturated heterocycles. The third kappa shape index (κ3) is 3.23. The molecule has 0 unspecified atom stereocenters. The summed E-state index contributed by atoms with van der Waals surface area (Å²) in [5.74, 6) is 0.606. The lowest BCUT2D eigenvalue weighted by Crippen LogP contribution is -2.38. The minimum Gasteiger partial charge on any atom is -0.321 e. The topological polar surface area (TPSA) is 26.0 Å². The Kier molecular flexibility index (Phi) is 5.03. The fraction of sp³-hybridized carbons (Fsp3) is 0.600. The number of hydrogen-bond acceptors (Lipinski definition) is 1. The quantitative estimate of drug-likeness (QED) is 0.833. The summed E-state index contributed by atoms with van der Waals surface area (Å²) < 4.78 is 0. The molecule has 0 aromatic heterocycles. The maximum atomic E-state index is 6.51. The van der Waals surface area contributed by atoms with E-state index < -0.39 is 0 Å². The third-order valence-corrected chi connectivity index (χ3v) is 3.90. The highest BCUT2D eigenvalue weighted by Gasteiger charge is 2.28. The highest BCUT2D eigenvalue weighted by atomic mass is 35.5. The Hall–Kier alpha value is -0.530. The second kappa shape index (κ2) is 5.88. The Morgan fingerprint density at radius 3 is 2.00 bits per heavy atom. The molecule has 1 aliphatic rings. The Bertz CT molecular complexity index is 336. The highest BCUT2D eigenvalue weighted by Crippen LogP contribution is 2.35. The molecule has 0 amide bonds. The molecule has 1 saturated carbocycles. The van der Waals surface area contributed by atoms with Crippen LogP contribution in [0.3, 0.4) is 0 Å². The molecule has 0 atom stereocenters. The van der Waals surface area contributed by atoms with Gasteiger partial charge in [-0.1, -0.05) is 57.4 Å². The molecular weight excluding hydrogens is 230 g/mol. The first kappa shape index (κ1) is 14.5. The molecule has 1 nitrogen and oxygen atoms in total. The minimum atomic E-state index is -0.0479. The van der Waals surface area contributed by atoms with Gasteiger partial charge in [-0.15, -0.1) is 12.4 Å². The number of halogens is 1. The molecule has 0 aliphatic heterocycles. The second-order valence-corrected chi connectivity index (χ2v) is 5.49. The van der Waals surface area contributed by atoms with Crippen LogP contribution in [-0.2, 0) is 5.54 Å². The van der Waals surface area contributed by atoms with Crippen LogP contribution in [-0.4, -0.2) is 0 Å². The zero-order valence-electron chi connectivity index (χ0n) is 10.9. The molecule has 1 aromatic carbocycles. The first-order valence-corrected chi connectivity index (χ1v) is 6.51. The van der Waals surface area contributed by atoms with Crippen molar-refractivity contribution >= 4 is 12.4 Å². The van der Waals surface area contributed by atoms with Crippen LogP contribution in [0, 0.1) is 0 Å². The number of benzene rings is 1. The van der Waals surface area contributed by atoms with E-state index in [0.29, 0.717) is 5.92 Å². The van der Waals surface area contributed by atoms with Gasteiger partial charge >= 0.3 is 0 Å². The number of hydrogen-bond donors (Lipinski definition) is 1. The van der Waals surface area contributed by atoms with Crippen molar-refractivity contribution in [2.75, 3.05) is 0 Å². The predicted molar refractivity (Wildman–Crippen MR) is 76.7 cm³/mol. The molecule has 1 aromatic rings. The van der Waals surface area contributed by atoms with E-state index in [0.717, 1.165) is 12.8 Å². The van der Waals surface area contributed by atoms with E-state index in [4.69, 9.17) is 5.73 Å². The number of nitrogens with two attached hydrogens (primary N) is 1. The van der Waals surface area contributed by atoms with Crippen molar-refractivity contribution in [1.29, 1.82) is 0 Å². The van der Waals surface area contributed by atoms with Gasteiger partial charge in [-0.05, 0) is 29.9 Å². The summed E-state index contributed by atoms with van der Waals surface area (Å²) in [6.45, 7) is 4.46. The van der Waals surface area contributed by atoms with Gasteiger partial charge in [-0.25, -0.2) is 0 Å². The Morgan fingerprint density at radius 2 is 1.53 bits per heavy atom. The Labute approximate surface area is 111 Å². The van der Waals surface area contributed by atoms with Gasteiger partial charge in [-0.2, -0.15) is 0 Å². The lowest BCUT2D eigenvalue weighted by molar-refractivity contribution is 0.302. The van der Waals surface area contributed by atoms with Crippen LogP contribution < -0.4 is 5.73 Å². The summed E-state index contributed by atoms with van der Waals surface area (Å²) in [4.78, 5) is 0. The van der Waals surface area contributed by atoms with Crippen molar-refractivity contribution < 1.29 is 0 Å². The average molecular weight is 254 g/mol. The van der Waals surface area contributed by atoms with E-state index in [1.54, 1.807) is 0 Å². The van der Waals surface area contributed by atoms with Gasteiger partial charge in [0.05, 0.1) is 0 Å². The van der Waals surface area contributed by atoms with Crippen molar-refractivity contribution in [3.63, 3.8) is 0 Å². The third-order valence-electron chi connectivity index (χ3n) is 3.90. The van der Waals surface area contributed by atoms with E-state index in [-0.39, 0.29) is 17.9 Å². The minimum absolute atomic E-state index is 0. The van der Waals surface area contributed by atoms with Gasteiger partial charge in [0.2, 0.25) is 0 Å². The van der Waals surface area contributed by atoms with E-state index in [9.17, 15) is 0 Å². The summed E-state index contributed by atoms with van der Waals surface area (Å²) in [7, 11) is 0. The normalized spacial score (nSPS) is 18.8. The van der Waals surface area contributed by atoms with Crippen LogP contribution in [0.4, 0.5) is 0 Å². The summed E-state index contributed by atoms with van der Waals surface area (Å²) in [6, 6.07) is 8.95. The highest BCUT2D eigenvalue weighted by molar-refractivity contribution is 5.85. The zero-order chi connectivity index (χ0) is 11.6. The van der Waals surface area contributed by atoms with E-state index in [1.165, 1.54) is 30.4 Å². The molecule has 1 aliphatic carbocycles. The van der Waals surface area contributed by atoms with Gasteiger partial charge in [-0.3, -0.25) is 0 Å². The molecule has 96 valence electrons. The maximum Gasteiger partial charge on any atom is 0.0409 e. The van der Waals surface area contributed by atoms with Crippen molar-refractivity contribution in [2.24, 2.45) is 5.73 Å². The van der Waals surface area contributed by atoms with E-state index in [2.05, 4.69) is 38.1 Å². The van der Waals surface area contributed by atoms with Crippen LogP contribution >= 0.6 is 12.4 Å². The van der Waals surface area contributed by atoms with Crippen LogP contribution in [0.2, 0.25) is 0 Å². The molecule has 0 radical (unpaired) electrons. The predicted octanol–water partition coefficient (Wildman–Crippen LogP) is 4.35. The number of rotatable bonds is 2. The van der Waals surface area contributed by atoms with E-state index >= 15 is 0 Å². The first-order valence-electron chi connectivity index (χ1n) is 6.51. The Balaban J connectivity index is 0.00000144. The van der Waals surface area contributed by atoms with Gasteiger partial charge < -0.3 is 5.73 Å². The van der Waals surface area contributed by atoms with Gasteiger partial charge in [0.15, 0.2) is 0 Å². The van der Waals surface area contributed by atoms with Gasteiger partial charge in [0.1, 0.15) is 0 Å². The second-order valence-electron chi connectivity index (χ2n) is 5.49. The molecule has 0 heterocycles. The molecule has 1 fully saturated rings. The fourth-order valence-corrected chi connectivity index (χ4v) is 2.67. The molecule has 0 bridgehead atoms. The molecular formula is C15H24ClN. The van der Waals surface area contributed by atoms with Crippen molar-refractivity contribution in [2.45, 2.75) is 57.4 Å². The molecule has 2 N–H and O–H groups in total. The summed E-state index contributed by atoms with van der Waals surface area (Å²) in [5, 5.41) is 0. The standard InChI is InChI=1S/C15H23N.ClH/c1-12(2)13-6-8-14(9-7-13)15(16)10-4-3-5-11-15;/h6-9,12H,3-5,10-11,16H2,1-2H3;1H. The van der Waals surface area contributed by atoms with E-state index in [1.807, 2.05) is 0 Å². The van der Waals surface area contributed by atoms with Gasteiger partial charge in [0.25, 0.3) is 0 Å². The fourth-order valence-electron chi connectivity index (χ4n) is 2.67. The zero-order valence-corrected chi connectivity index (χ0v) is 11.7. The molecule has 2 rings (SSSR count). The molecule has 17 heavy (non-hydrogen) atoms. The van der Waals surface area contributed by atoms with Crippen LogP contribution in [0.1, 0.15) is 63.0 Å². The van der Waals surface area contributed by atoms with Crippen LogP contribution in [0.15, 0.2) is 24.3 Å². The van der Waals surface area contributed by atoms with Crippen LogP contribution in [0.25, 0.3) is 0 Å². The summed E-state index contributed by atoms with van der Waals surface area (Å²) in [6.07, 6.45) is 6.20. The first-order chi connectivity index (χ1) is 7.62. The lowest BCUT2D eigenvalue weighted by Gasteiger charge is -2.34. The molecule has 2 heteroatoms. The van der Waals surface area contributed by atoms with Crippen molar-refractivity contribution in [3.05, 3.63) is 35.4 Å². The van der Waals surface area contributed by atoms with Gasteiger partial charge in [0, 0.05) is 5.54 Å². The SMILES string of the molecule is CC(C)c1ccc(C2(N)CCCCC2)cc1.Cl. The monoisotopic (exact) mass is 253 g/mol. The average Bonchev–Trinajstić information content (AvgIpc) is 2.30. The lowest BCUT2D eigenvalue weighted by atomic mass is 9.77. The maximum absolute atomic E-state index is 6.51. The summed E-state index contributed by atoms with van der Waals surface area (Å²) >= 11 is 0. The van der Waals surface area contributed by atoms with Crippen molar-refractivity contribution in [3.8, 4) is 0 Å². The largest absolute Gasteiger partial charge is 0.321 e. The van der Waals surface area contributed by atoms with Crippen molar-refractivity contribution in [1.82, 2.24) is 0 Å². The van der Waals surface area contributed by atoms with Crippen LogP contribution in [0.5, 0.6) is 0 Å².